The lowest BCUT2D eigenvalue weighted by molar-refractivity contribution is 0.404. The van der Waals surface area contributed by atoms with Gasteiger partial charge in [0.25, 0.3) is 0 Å². The van der Waals surface area contributed by atoms with Crippen LogP contribution in [0.2, 0.25) is 18.1 Å². The van der Waals surface area contributed by atoms with Crippen molar-refractivity contribution in [3.63, 3.8) is 0 Å². The summed E-state index contributed by atoms with van der Waals surface area (Å²) in [4.78, 5) is 0. The fourth-order valence-electron chi connectivity index (χ4n) is 1.30. The molecular weight excluding hydrogens is 255 g/mol. The fourth-order valence-corrected chi connectivity index (χ4v) is 2.34. The molecule has 0 N–H and O–H groups in total. The number of allylic oxidation sites excluding steroid dienone is 1. The van der Waals surface area contributed by atoms with Crippen LogP contribution in [0.25, 0.3) is 6.08 Å². The third-order valence-corrected chi connectivity index (χ3v) is 7.92. The van der Waals surface area contributed by atoms with Crippen molar-refractivity contribution in [2.45, 2.75) is 38.9 Å². The van der Waals surface area contributed by atoms with E-state index in [4.69, 9.17) is 4.43 Å². The van der Waals surface area contributed by atoms with Gasteiger partial charge in [-0.2, -0.15) is 0 Å². The number of hydrogen-bond donors (Lipinski definition) is 0. The van der Waals surface area contributed by atoms with E-state index >= 15 is 0 Å². The first-order chi connectivity index (χ1) is 8.65. The maximum absolute atomic E-state index is 12.9. The van der Waals surface area contributed by atoms with Crippen molar-refractivity contribution in [3.05, 3.63) is 54.1 Å². The van der Waals surface area contributed by atoms with E-state index in [1.54, 1.807) is 18.2 Å². The second kappa shape index (κ2) is 5.74. The van der Waals surface area contributed by atoms with Gasteiger partial charge in [0.15, 0.2) is 0 Å². The molecule has 0 aliphatic heterocycles. The van der Waals surface area contributed by atoms with Crippen molar-refractivity contribution in [3.8, 4) is 0 Å². The van der Waals surface area contributed by atoms with Gasteiger partial charge in [-0.1, -0.05) is 39.5 Å². The lowest BCUT2D eigenvalue weighted by Crippen LogP contribution is -2.40. The monoisotopic (exact) mass is 278 g/mol. The fraction of sp³-hybridized carbons (Fsp3) is 0.375. The lowest BCUT2D eigenvalue weighted by Gasteiger charge is -2.36. The highest BCUT2D eigenvalue weighted by Gasteiger charge is 2.39. The topological polar surface area (TPSA) is 9.23 Å². The third kappa shape index (κ3) is 4.35. The van der Waals surface area contributed by atoms with Gasteiger partial charge < -0.3 is 4.43 Å². The molecule has 0 amide bonds. The highest BCUT2D eigenvalue weighted by atomic mass is 28.4. The van der Waals surface area contributed by atoms with Crippen molar-refractivity contribution < 1.29 is 8.82 Å². The van der Waals surface area contributed by atoms with Gasteiger partial charge in [0, 0.05) is 0 Å². The molecule has 1 nitrogen and oxygen atoms in total. The maximum Gasteiger partial charge on any atom is 0.250 e. The van der Waals surface area contributed by atoms with Crippen molar-refractivity contribution in [2.75, 3.05) is 0 Å². The van der Waals surface area contributed by atoms with Crippen LogP contribution in [0.15, 0.2) is 42.7 Å². The maximum atomic E-state index is 12.9. The van der Waals surface area contributed by atoms with Gasteiger partial charge in [-0.3, -0.25) is 0 Å². The summed E-state index contributed by atoms with van der Waals surface area (Å²) in [6, 6.07) is 6.35. The Morgan fingerprint density at radius 2 is 1.74 bits per heavy atom. The van der Waals surface area contributed by atoms with Crippen LogP contribution >= 0.6 is 0 Å². The highest BCUT2D eigenvalue weighted by molar-refractivity contribution is 6.74. The molecule has 0 bridgehead atoms. The average molecular weight is 278 g/mol. The van der Waals surface area contributed by atoms with Crippen LogP contribution in [0.3, 0.4) is 0 Å². The van der Waals surface area contributed by atoms with Crippen molar-refractivity contribution in [1.82, 2.24) is 0 Å². The Labute approximate surface area is 116 Å². The smallest absolute Gasteiger partial charge is 0.250 e. The molecule has 104 valence electrons. The molecule has 0 spiro atoms. The predicted octanol–water partition coefficient (Wildman–Crippen LogP) is 5.37. The van der Waals surface area contributed by atoms with Crippen molar-refractivity contribution in [2.24, 2.45) is 0 Å². The molecule has 0 fully saturated rings. The quantitative estimate of drug-likeness (QED) is 0.408. The second-order valence-electron chi connectivity index (χ2n) is 6.16. The van der Waals surface area contributed by atoms with Gasteiger partial charge in [0.1, 0.15) is 11.6 Å². The van der Waals surface area contributed by atoms with E-state index < -0.39 is 8.32 Å². The minimum absolute atomic E-state index is 0.137. The van der Waals surface area contributed by atoms with E-state index in [0.717, 1.165) is 11.3 Å². The molecule has 1 aromatic carbocycles. The van der Waals surface area contributed by atoms with Gasteiger partial charge >= 0.3 is 0 Å². The standard InChI is InChI=1S/C16H23FOSi/c1-7-15(18-19(5,6)16(2,3)4)12-13-8-10-14(17)11-9-13/h7-12H,1H2,2-6H3/b15-12+. The molecule has 0 aromatic heterocycles. The Morgan fingerprint density at radius 1 is 1.21 bits per heavy atom. The first kappa shape index (κ1) is 15.7. The Bertz CT molecular complexity index is 467. The zero-order chi connectivity index (χ0) is 14.7. The zero-order valence-electron chi connectivity index (χ0n) is 12.5. The van der Waals surface area contributed by atoms with Crippen LogP contribution in [0.1, 0.15) is 26.3 Å². The molecule has 3 heteroatoms. The van der Waals surface area contributed by atoms with Gasteiger partial charge in [-0.25, -0.2) is 4.39 Å². The third-order valence-electron chi connectivity index (χ3n) is 3.56. The molecule has 1 rings (SSSR count). The molecule has 19 heavy (non-hydrogen) atoms. The van der Waals surface area contributed by atoms with E-state index in [1.165, 1.54) is 12.1 Å². The summed E-state index contributed by atoms with van der Waals surface area (Å²) in [5.74, 6) is 0.515. The molecule has 1 aromatic rings. The van der Waals surface area contributed by atoms with Gasteiger partial charge in [-0.15, -0.1) is 0 Å². The van der Waals surface area contributed by atoms with E-state index in [2.05, 4.69) is 40.4 Å². The number of hydrogen-bond acceptors (Lipinski definition) is 1. The molecule has 0 radical (unpaired) electrons. The largest absolute Gasteiger partial charge is 0.544 e. The minimum atomic E-state index is -1.87. The van der Waals surface area contributed by atoms with Crippen molar-refractivity contribution >= 4 is 14.4 Å². The van der Waals surface area contributed by atoms with Crippen LogP contribution in [-0.4, -0.2) is 8.32 Å². The summed E-state index contributed by atoms with van der Waals surface area (Å²) in [6.07, 6.45) is 3.61. The van der Waals surface area contributed by atoms with E-state index in [-0.39, 0.29) is 10.9 Å². The highest BCUT2D eigenvalue weighted by Crippen LogP contribution is 2.38. The second-order valence-corrected chi connectivity index (χ2v) is 10.9. The van der Waals surface area contributed by atoms with Crippen molar-refractivity contribution in [1.29, 1.82) is 0 Å². The minimum Gasteiger partial charge on any atom is -0.544 e. The van der Waals surface area contributed by atoms with Gasteiger partial charge in [0.2, 0.25) is 8.32 Å². The molecule has 0 aliphatic carbocycles. The van der Waals surface area contributed by atoms with Crippen LogP contribution in [0.4, 0.5) is 4.39 Å². The van der Waals surface area contributed by atoms with E-state index in [0.29, 0.717) is 0 Å². The van der Waals surface area contributed by atoms with Crippen LogP contribution in [0.5, 0.6) is 0 Å². The SMILES string of the molecule is C=C/C(=C\c1ccc(F)cc1)O[Si](C)(C)C(C)(C)C. The Kier molecular flexibility index (Phi) is 4.74. The normalized spacial score (nSPS) is 13.3. The van der Waals surface area contributed by atoms with Gasteiger partial charge in [0.05, 0.1) is 0 Å². The average Bonchev–Trinajstić information content (AvgIpc) is 2.29. The molecule has 0 saturated heterocycles. The molecule has 0 aliphatic rings. The molecule has 0 atom stereocenters. The van der Waals surface area contributed by atoms with Gasteiger partial charge in [-0.05, 0) is 48.0 Å². The Hall–Kier alpha value is -1.35. The van der Waals surface area contributed by atoms with Crippen LogP contribution in [0, 0.1) is 5.82 Å². The molecule has 0 saturated carbocycles. The van der Waals surface area contributed by atoms with E-state index in [1.807, 2.05) is 6.08 Å². The summed E-state index contributed by atoms with van der Waals surface area (Å²) < 4.78 is 19.0. The number of halogens is 1. The summed E-state index contributed by atoms with van der Waals surface area (Å²) in [5, 5.41) is 0.137. The summed E-state index contributed by atoms with van der Waals surface area (Å²) >= 11 is 0. The summed E-state index contributed by atoms with van der Waals surface area (Å²) in [7, 11) is -1.87. The zero-order valence-corrected chi connectivity index (χ0v) is 13.5. The predicted molar refractivity (Wildman–Crippen MR) is 82.9 cm³/mol. The summed E-state index contributed by atoms with van der Waals surface area (Å²) in [6.45, 7) is 14.8. The van der Waals surface area contributed by atoms with Crippen LogP contribution < -0.4 is 0 Å². The summed E-state index contributed by atoms with van der Waals surface area (Å²) in [5.41, 5.74) is 0.912. The number of benzene rings is 1. The first-order valence-corrected chi connectivity index (χ1v) is 9.35. The molecular formula is C16H23FOSi. The Balaban J connectivity index is 2.96. The lowest BCUT2D eigenvalue weighted by atomic mass is 10.2. The Morgan fingerprint density at radius 3 is 2.16 bits per heavy atom. The molecule has 0 heterocycles. The van der Waals surface area contributed by atoms with Crippen LogP contribution in [-0.2, 0) is 4.43 Å². The van der Waals surface area contributed by atoms with E-state index in [9.17, 15) is 4.39 Å². The number of rotatable bonds is 4. The molecule has 0 unspecified atom stereocenters. The first-order valence-electron chi connectivity index (χ1n) is 6.44.